The summed E-state index contributed by atoms with van der Waals surface area (Å²) >= 11 is 4.63. The van der Waals surface area contributed by atoms with E-state index in [-0.39, 0.29) is 17.1 Å². The molecule has 3 aromatic rings. The zero-order valence-corrected chi connectivity index (χ0v) is 22.4. The monoisotopic (exact) mass is 499 g/mol. The van der Waals surface area contributed by atoms with Gasteiger partial charge in [0.1, 0.15) is 11.1 Å². The van der Waals surface area contributed by atoms with Crippen LogP contribution in [0.5, 0.6) is 0 Å². The molecule has 3 aromatic heterocycles. The van der Waals surface area contributed by atoms with Gasteiger partial charge >= 0.3 is 0 Å². The Labute approximate surface area is 207 Å². The van der Waals surface area contributed by atoms with E-state index in [0.29, 0.717) is 21.6 Å². The maximum atomic E-state index is 12.7. The number of nitrogens with zero attached hydrogens (tertiary/aromatic N) is 4. The Kier molecular flexibility index (Phi) is 6.72. The van der Waals surface area contributed by atoms with Gasteiger partial charge in [0.2, 0.25) is 5.91 Å². The van der Waals surface area contributed by atoms with E-state index in [2.05, 4.69) is 61.6 Å². The van der Waals surface area contributed by atoms with Crippen molar-refractivity contribution < 1.29 is 4.79 Å². The van der Waals surface area contributed by atoms with E-state index in [4.69, 9.17) is 0 Å². The maximum Gasteiger partial charge on any atom is 0.235 e. The Hall–Kier alpha value is -2.15. The van der Waals surface area contributed by atoms with Crippen LogP contribution in [0.15, 0.2) is 10.5 Å². The van der Waals surface area contributed by atoms with Gasteiger partial charge in [-0.1, -0.05) is 32.5 Å². The van der Waals surface area contributed by atoms with E-state index in [1.807, 2.05) is 11.6 Å². The lowest BCUT2D eigenvalue weighted by atomic mass is 9.72. The van der Waals surface area contributed by atoms with Gasteiger partial charge in [0, 0.05) is 27.7 Å². The predicted molar refractivity (Wildman–Crippen MR) is 137 cm³/mol. The third kappa shape index (κ3) is 4.75. The number of carbonyl (C=O) groups is 1. The summed E-state index contributed by atoms with van der Waals surface area (Å²) in [6.45, 7) is 11.0. The molecule has 4 rings (SSSR count). The lowest BCUT2D eigenvalue weighted by molar-refractivity contribution is -0.113. The molecule has 0 saturated heterocycles. The number of nitriles is 1. The summed E-state index contributed by atoms with van der Waals surface area (Å²) < 4.78 is 1.93. The topological polar surface area (TPSA) is 83.6 Å². The zero-order chi connectivity index (χ0) is 23.9. The lowest BCUT2D eigenvalue weighted by Crippen LogP contribution is -2.26. The molecule has 0 saturated carbocycles. The molecule has 3 heterocycles. The first-order chi connectivity index (χ1) is 15.6. The van der Waals surface area contributed by atoms with Gasteiger partial charge in [-0.25, -0.2) is 0 Å². The summed E-state index contributed by atoms with van der Waals surface area (Å²) in [6, 6.07) is 2.34. The lowest BCUT2D eigenvalue weighted by Gasteiger charge is -2.33. The molecule has 0 aliphatic heterocycles. The average molecular weight is 500 g/mol. The minimum absolute atomic E-state index is 0.130. The second-order valence-corrected chi connectivity index (χ2v) is 12.8. The van der Waals surface area contributed by atoms with Crippen molar-refractivity contribution in [3.8, 4) is 17.5 Å². The van der Waals surface area contributed by atoms with Crippen LogP contribution in [0.25, 0.3) is 11.4 Å². The smallest absolute Gasteiger partial charge is 0.235 e. The third-order valence-electron chi connectivity index (χ3n) is 6.55. The van der Waals surface area contributed by atoms with Crippen molar-refractivity contribution in [1.82, 2.24) is 14.8 Å². The SMILES string of the molecule is Cc1scc(-c2nnc(SCC(=O)Nc3sc4c(c3C#N)CCC(C(C)(C)C)C4)n2C)c1C. The summed E-state index contributed by atoms with van der Waals surface area (Å²) in [4.78, 5) is 15.3. The fourth-order valence-electron chi connectivity index (χ4n) is 4.23. The molecule has 9 heteroatoms. The number of nitrogens with one attached hydrogen (secondary N) is 1. The molecule has 1 atom stereocenters. The highest BCUT2D eigenvalue weighted by Crippen LogP contribution is 2.44. The molecule has 1 unspecified atom stereocenters. The first-order valence-electron chi connectivity index (χ1n) is 11.0. The molecule has 1 amide bonds. The van der Waals surface area contributed by atoms with E-state index in [0.717, 1.165) is 36.2 Å². The van der Waals surface area contributed by atoms with Crippen molar-refractivity contribution in [3.63, 3.8) is 0 Å². The van der Waals surface area contributed by atoms with Gasteiger partial charge < -0.3 is 9.88 Å². The third-order valence-corrected chi connectivity index (χ3v) is 9.75. The quantitative estimate of drug-likeness (QED) is 0.437. The molecule has 0 spiro atoms. The van der Waals surface area contributed by atoms with Crippen LogP contribution in [-0.2, 0) is 24.7 Å². The fraction of sp³-hybridized carbons (Fsp3) is 0.500. The Morgan fingerprint density at radius 3 is 2.76 bits per heavy atom. The van der Waals surface area contributed by atoms with Gasteiger partial charge in [-0.3, -0.25) is 4.79 Å². The maximum absolute atomic E-state index is 12.7. The van der Waals surface area contributed by atoms with Crippen molar-refractivity contribution in [2.24, 2.45) is 18.4 Å². The number of thiophene rings is 2. The molecular formula is C24H29N5OS3. The molecule has 1 N–H and O–H groups in total. The highest BCUT2D eigenvalue weighted by Gasteiger charge is 2.32. The first kappa shape index (κ1) is 24.0. The molecule has 6 nitrogen and oxygen atoms in total. The van der Waals surface area contributed by atoms with Crippen LogP contribution in [0.2, 0.25) is 0 Å². The molecule has 0 bridgehead atoms. The van der Waals surface area contributed by atoms with Gasteiger partial charge in [0.15, 0.2) is 11.0 Å². The number of hydrogen-bond acceptors (Lipinski definition) is 7. The van der Waals surface area contributed by atoms with Gasteiger partial charge in [-0.15, -0.1) is 32.9 Å². The standard InChI is InChI=1S/C24H29N5OS3/c1-13-14(2)31-11-18(13)21-27-28-23(29(21)6)32-12-20(30)26-22-17(10-25)16-8-7-15(24(3,4)5)9-19(16)33-22/h11,15H,7-9,12H2,1-6H3,(H,26,30). The average Bonchev–Trinajstić information content (AvgIpc) is 3.40. The first-order valence-corrected chi connectivity index (χ1v) is 13.7. The molecule has 0 aromatic carbocycles. The fourth-order valence-corrected chi connectivity index (χ4v) is 7.10. The predicted octanol–water partition coefficient (Wildman–Crippen LogP) is 5.98. The van der Waals surface area contributed by atoms with E-state index < -0.39 is 0 Å². The molecule has 174 valence electrons. The minimum atomic E-state index is -0.130. The van der Waals surface area contributed by atoms with Crippen LogP contribution in [0.1, 0.15) is 53.6 Å². The number of thioether (sulfide) groups is 1. The number of carbonyl (C=O) groups excluding carboxylic acids is 1. The minimum Gasteiger partial charge on any atom is -0.316 e. The van der Waals surface area contributed by atoms with Crippen molar-refractivity contribution in [3.05, 3.63) is 31.8 Å². The number of rotatable bonds is 5. The Morgan fingerprint density at radius 2 is 2.12 bits per heavy atom. The number of aromatic nitrogens is 3. The molecular weight excluding hydrogens is 470 g/mol. The molecule has 33 heavy (non-hydrogen) atoms. The van der Waals surface area contributed by atoms with Crippen LogP contribution in [0, 0.1) is 36.5 Å². The molecule has 0 radical (unpaired) electrons. The Morgan fingerprint density at radius 1 is 1.36 bits per heavy atom. The molecule has 1 aliphatic carbocycles. The van der Waals surface area contributed by atoms with Crippen LogP contribution in [0.4, 0.5) is 5.00 Å². The highest BCUT2D eigenvalue weighted by atomic mass is 32.2. The van der Waals surface area contributed by atoms with E-state index >= 15 is 0 Å². The summed E-state index contributed by atoms with van der Waals surface area (Å²) in [5, 5.41) is 24.9. The van der Waals surface area contributed by atoms with Crippen LogP contribution in [0.3, 0.4) is 0 Å². The Bertz CT molecular complexity index is 1240. The van der Waals surface area contributed by atoms with E-state index in [1.165, 1.54) is 27.1 Å². The van der Waals surface area contributed by atoms with Crippen LogP contribution in [-0.4, -0.2) is 26.4 Å². The van der Waals surface area contributed by atoms with Crippen LogP contribution < -0.4 is 5.32 Å². The van der Waals surface area contributed by atoms with E-state index in [1.54, 1.807) is 22.7 Å². The van der Waals surface area contributed by atoms with Crippen molar-refractivity contribution in [1.29, 1.82) is 5.26 Å². The Balaban J connectivity index is 1.44. The van der Waals surface area contributed by atoms with Gasteiger partial charge in [-0.2, -0.15) is 5.26 Å². The second kappa shape index (κ2) is 9.24. The van der Waals surface area contributed by atoms with Crippen LogP contribution >= 0.6 is 34.4 Å². The van der Waals surface area contributed by atoms with Crippen molar-refractivity contribution >= 4 is 45.3 Å². The summed E-state index contributed by atoms with van der Waals surface area (Å²) in [5.41, 5.74) is 4.31. The van der Waals surface area contributed by atoms with Gasteiger partial charge in [0.05, 0.1) is 11.3 Å². The van der Waals surface area contributed by atoms with Gasteiger partial charge in [0.25, 0.3) is 0 Å². The van der Waals surface area contributed by atoms with E-state index in [9.17, 15) is 10.1 Å². The summed E-state index contributed by atoms with van der Waals surface area (Å²) in [7, 11) is 1.93. The largest absolute Gasteiger partial charge is 0.316 e. The highest BCUT2D eigenvalue weighted by molar-refractivity contribution is 7.99. The van der Waals surface area contributed by atoms with Crippen molar-refractivity contribution in [2.75, 3.05) is 11.1 Å². The molecule has 0 fully saturated rings. The number of amides is 1. The number of hydrogen-bond donors (Lipinski definition) is 1. The number of fused-ring (bicyclic) bond motifs is 1. The van der Waals surface area contributed by atoms with Gasteiger partial charge in [-0.05, 0) is 55.6 Å². The summed E-state index contributed by atoms with van der Waals surface area (Å²) in [5.74, 6) is 1.49. The zero-order valence-electron chi connectivity index (χ0n) is 19.9. The second-order valence-electron chi connectivity index (χ2n) is 9.66. The van der Waals surface area contributed by atoms with Crippen molar-refractivity contribution in [2.45, 2.75) is 59.0 Å². The molecule has 1 aliphatic rings. The number of anilines is 1. The summed E-state index contributed by atoms with van der Waals surface area (Å²) in [6.07, 6.45) is 2.97. The normalized spacial score (nSPS) is 15.8. The number of aryl methyl sites for hydroxylation is 1.